The zero-order valence-corrected chi connectivity index (χ0v) is 36.6. The fourth-order valence-electron chi connectivity index (χ4n) is 5.75. The van der Waals surface area contributed by atoms with Crippen LogP contribution in [0.25, 0.3) is 0 Å². The Morgan fingerprint density at radius 3 is 1.77 bits per heavy atom. The first-order chi connectivity index (χ1) is 26.1. The number of phenols is 1. The Morgan fingerprint density at radius 2 is 1.30 bits per heavy atom. The number of aliphatic hydroxyl groups excluding tert-OH is 1. The van der Waals surface area contributed by atoms with Crippen molar-refractivity contribution in [3.8, 4) is 11.6 Å². The Labute approximate surface area is 337 Å². The summed E-state index contributed by atoms with van der Waals surface area (Å²) in [6.45, 7) is 25.7. The number of aromatic nitrogens is 2. The van der Waals surface area contributed by atoms with Gasteiger partial charge in [0.1, 0.15) is 18.5 Å². The number of aryl methyl sites for hydroxylation is 2. The van der Waals surface area contributed by atoms with E-state index in [4.69, 9.17) is 33.5 Å². The lowest BCUT2D eigenvalue weighted by atomic mass is 9.93. The van der Waals surface area contributed by atoms with Crippen LogP contribution in [-0.2, 0) is 55.8 Å². The minimum Gasteiger partial charge on any atom is -0.508 e. The van der Waals surface area contributed by atoms with Crippen molar-refractivity contribution in [1.29, 1.82) is 0 Å². The molecule has 0 bridgehead atoms. The summed E-state index contributed by atoms with van der Waals surface area (Å²) in [6, 6.07) is 5.06. The molecule has 0 unspecified atom stereocenters. The molecule has 14 heteroatoms. The van der Waals surface area contributed by atoms with Crippen LogP contribution in [0.4, 0.5) is 0 Å². The quantitative estimate of drug-likeness (QED) is 0.164. The van der Waals surface area contributed by atoms with Gasteiger partial charge in [-0.15, -0.1) is 5.10 Å². The first-order valence-corrected chi connectivity index (χ1v) is 19.7. The summed E-state index contributed by atoms with van der Waals surface area (Å²) in [5.74, 6) is -2.45. The minimum absolute atomic E-state index is 0.0750. The number of esters is 4. The van der Waals surface area contributed by atoms with Gasteiger partial charge in [0, 0.05) is 30.8 Å². The van der Waals surface area contributed by atoms with Gasteiger partial charge in [-0.25, -0.2) is 0 Å². The molecule has 57 heavy (non-hydrogen) atoms. The number of hydrogen-bond donors (Lipinski definition) is 2. The third kappa shape index (κ3) is 12.4. The maximum absolute atomic E-state index is 13.8. The van der Waals surface area contributed by atoms with Gasteiger partial charge in [-0.2, -0.15) is 0 Å². The Bertz CT molecular complexity index is 1740. The van der Waals surface area contributed by atoms with Gasteiger partial charge in [0.05, 0.1) is 21.7 Å². The number of rotatable bonds is 13. The van der Waals surface area contributed by atoms with Crippen molar-refractivity contribution in [2.24, 2.45) is 21.7 Å². The van der Waals surface area contributed by atoms with Crippen molar-refractivity contribution >= 4 is 23.9 Å². The molecule has 1 aliphatic heterocycles. The van der Waals surface area contributed by atoms with Crippen LogP contribution in [-0.4, -0.2) is 87.8 Å². The van der Waals surface area contributed by atoms with Crippen LogP contribution < -0.4 is 4.74 Å². The molecular weight excluding hydrogens is 736 g/mol. The molecule has 1 saturated heterocycles. The summed E-state index contributed by atoms with van der Waals surface area (Å²) in [5.41, 5.74) is -0.838. The first kappa shape index (κ1) is 47.2. The molecule has 1 aromatic heterocycles. The summed E-state index contributed by atoms with van der Waals surface area (Å²) in [6.07, 6.45) is -6.57. The van der Waals surface area contributed by atoms with Crippen molar-refractivity contribution in [2.45, 2.75) is 160 Å². The van der Waals surface area contributed by atoms with E-state index in [0.717, 1.165) is 16.8 Å². The molecule has 1 fully saturated rings. The zero-order chi connectivity index (χ0) is 43.4. The van der Waals surface area contributed by atoms with Crippen molar-refractivity contribution in [3.63, 3.8) is 0 Å². The van der Waals surface area contributed by atoms with Crippen LogP contribution in [0.5, 0.6) is 11.6 Å². The fraction of sp³-hybridized carbons (Fsp3) is 0.698. The molecule has 2 aromatic rings. The average molecular weight is 803 g/mol. The third-order valence-corrected chi connectivity index (χ3v) is 9.20. The number of aromatic hydroxyl groups is 1. The standard InChI is InChI=1S/C43H66N2O12/c1-24(2)30-28(22-26-17-18-27(47)21-25(26)3)34(44-45(30)19-16-20-46)57-35-33(56-39(51)43(13,14)15)32(55-38(50)42(10,11)12)31(54-37(49)41(7,8)9)29(53-35)23-52-36(48)40(4,5)6/h17-18,21,24,29,31-33,35,46-47H,16,19-20,22-23H2,1-15H3/t29-,31-,32+,33-,35+/m1/s1. The predicted molar refractivity (Wildman–Crippen MR) is 211 cm³/mol. The van der Waals surface area contributed by atoms with E-state index >= 15 is 0 Å². The normalized spacial score (nSPS) is 20.5. The van der Waals surface area contributed by atoms with Gasteiger partial charge in [0.15, 0.2) is 12.2 Å². The second-order valence-electron chi connectivity index (χ2n) is 19.3. The van der Waals surface area contributed by atoms with Crippen molar-refractivity contribution in [1.82, 2.24) is 9.78 Å². The number of phenolic OH excluding ortho intramolecular Hbond substituents is 1. The summed E-state index contributed by atoms with van der Waals surface area (Å²) in [5, 5.41) is 24.8. The van der Waals surface area contributed by atoms with Gasteiger partial charge in [-0.1, -0.05) is 19.9 Å². The molecule has 1 aromatic carbocycles. The molecule has 0 spiro atoms. The van der Waals surface area contributed by atoms with Gasteiger partial charge >= 0.3 is 23.9 Å². The van der Waals surface area contributed by atoms with E-state index in [1.54, 1.807) is 99.9 Å². The van der Waals surface area contributed by atoms with Crippen LogP contribution in [0.15, 0.2) is 18.2 Å². The van der Waals surface area contributed by atoms with E-state index in [9.17, 15) is 29.4 Å². The molecule has 0 radical (unpaired) electrons. The van der Waals surface area contributed by atoms with E-state index in [-0.39, 0.29) is 24.2 Å². The zero-order valence-electron chi connectivity index (χ0n) is 36.6. The van der Waals surface area contributed by atoms with Crippen LogP contribution in [0, 0.1) is 28.6 Å². The molecule has 320 valence electrons. The molecule has 5 atom stereocenters. The van der Waals surface area contributed by atoms with Crippen molar-refractivity contribution in [2.75, 3.05) is 13.2 Å². The number of benzene rings is 1. The monoisotopic (exact) mass is 802 g/mol. The molecular formula is C43H66N2O12. The van der Waals surface area contributed by atoms with E-state index < -0.39 is 82.8 Å². The van der Waals surface area contributed by atoms with E-state index in [1.807, 2.05) is 26.8 Å². The van der Waals surface area contributed by atoms with Gasteiger partial charge < -0.3 is 38.6 Å². The summed E-state index contributed by atoms with van der Waals surface area (Å²) < 4.78 is 39.2. The second kappa shape index (κ2) is 18.2. The third-order valence-electron chi connectivity index (χ3n) is 9.20. The number of carbonyl (C=O) groups excluding carboxylic acids is 4. The summed E-state index contributed by atoms with van der Waals surface area (Å²) >= 11 is 0. The SMILES string of the molecule is Cc1cc(O)ccc1Cc1c(O[C@@H]2O[C@H](COC(=O)C(C)(C)C)[C@@H](OC(=O)C(C)(C)C)[C@H](OC(=O)C(C)(C)C)[C@H]2OC(=O)C(C)(C)C)nn(CCCO)c1C(C)C. The molecule has 2 heterocycles. The van der Waals surface area contributed by atoms with Crippen LogP contribution in [0.3, 0.4) is 0 Å². The molecule has 1 aliphatic rings. The molecule has 0 saturated carbocycles. The number of aliphatic hydroxyl groups is 1. The van der Waals surface area contributed by atoms with E-state index in [2.05, 4.69) is 0 Å². The van der Waals surface area contributed by atoms with Gasteiger partial charge in [-0.3, -0.25) is 23.9 Å². The highest BCUT2D eigenvalue weighted by molar-refractivity contribution is 5.78. The molecule has 14 nitrogen and oxygen atoms in total. The van der Waals surface area contributed by atoms with E-state index in [1.165, 1.54) is 0 Å². The lowest BCUT2D eigenvalue weighted by Gasteiger charge is -2.45. The average Bonchev–Trinajstić information content (AvgIpc) is 3.40. The highest BCUT2D eigenvalue weighted by atomic mass is 16.7. The van der Waals surface area contributed by atoms with Crippen molar-refractivity contribution < 1.29 is 57.8 Å². The lowest BCUT2D eigenvalue weighted by molar-refractivity contribution is -0.294. The molecule has 0 aliphatic carbocycles. The maximum Gasteiger partial charge on any atom is 0.311 e. The Kier molecular flexibility index (Phi) is 15.1. The highest BCUT2D eigenvalue weighted by Gasteiger charge is 2.56. The predicted octanol–water partition coefficient (Wildman–Crippen LogP) is 6.56. The van der Waals surface area contributed by atoms with Crippen LogP contribution in [0.1, 0.15) is 132 Å². The molecule has 0 amide bonds. The lowest BCUT2D eigenvalue weighted by Crippen LogP contribution is -2.65. The first-order valence-electron chi connectivity index (χ1n) is 19.7. The largest absolute Gasteiger partial charge is 0.508 e. The second-order valence-corrected chi connectivity index (χ2v) is 19.3. The molecule has 2 N–H and O–H groups in total. The topological polar surface area (TPSA) is 182 Å². The summed E-state index contributed by atoms with van der Waals surface area (Å²) in [4.78, 5) is 54.3. The fourth-order valence-corrected chi connectivity index (χ4v) is 5.75. The highest BCUT2D eigenvalue weighted by Crippen LogP contribution is 2.38. The number of nitrogens with zero attached hydrogens (tertiary/aromatic N) is 2. The van der Waals surface area contributed by atoms with Gasteiger partial charge in [0.2, 0.25) is 18.3 Å². The number of hydrogen-bond acceptors (Lipinski definition) is 13. The Balaban J connectivity index is 2.34. The van der Waals surface area contributed by atoms with Crippen molar-refractivity contribution in [3.05, 3.63) is 40.6 Å². The van der Waals surface area contributed by atoms with Crippen LogP contribution in [0.2, 0.25) is 0 Å². The van der Waals surface area contributed by atoms with Gasteiger partial charge in [-0.05, 0) is 126 Å². The summed E-state index contributed by atoms with van der Waals surface area (Å²) in [7, 11) is 0. The maximum atomic E-state index is 13.8. The Morgan fingerprint density at radius 1 is 0.789 bits per heavy atom. The number of ether oxygens (including phenoxy) is 6. The molecule has 3 rings (SSSR count). The smallest absolute Gasteiger partial charge is 0.311 e. The van der Waals surface area contributed by atoms with Crippen LogP contribution >= 0.6 is 0 Å². The Hall–Kier alpha value is -4.17. The minimum atomic E-state index is -1.54. The van der Waals surface area contributed by atoms with E-state index in [0.29, 0.717) is 24.9 Å². The number of carbonyl (C=O) groups is 4. The van der Waals surface area contributed by atoms with Gasteiger partial charge in [0.25, 0.3) is 0 Å².